The van der Waals surface area contributed by atoms with Crippen molar-refractivity contribution in [2.45, 2.75) is 18.7 Å². The second-order valence-electron chi connectivity index (χ2n) is 8.02. The Hall–Kier alpha value is -4.31. The van der Waals surface area contributed by atoms with E-state index >= 15 is 0 Å². The number of imidazole rings is 1. The molecule has 2 heterocycles. The van der Waals surface area contributed by atoms with Gasteiger partial charge in [0.05, 0.1) is 17.1 Å². The summed E-state index contributed by atoms with van der Waals surface area (Å²) < 4.78 is 27.9. The number of carbonyl (C=O) groups excluding carboxylic acids is 1. The zero-order valence-corrected chi connectivity index (χ0v) is 17.7. The lowest BCUT2D eigenvalue weighted by molar-refractivity contribution is -0.0677. The lowest BCUT2D eigenvalue weighted by atomic mass is 9.92. The zero-order valence-electron chi connectivity index (χ0n) is 17.7. The smallest absolute Gasteiger partial charge is 0.411 e. The molecule has 3 aromatic carbocycles. The molecule has 0 fully saturated rings. The molecule has 0 radical (unpaired) electrons. The van der Waals surface area contributed by atoms with Crippen LogP contribution in [0.3, 0.4) is 0 Å². The normalized spacial score (nSPS) is 18.2. The first-order valence-corrected chi connectivity index (χ1v) is 10.3. The Kier molecular flexibility index (Phi) is 4.83. The number of aliphatic hydroxyl groups is 1. The van der Waals surface area contributed by atoms with E-state index in [1.54, 1.807) is 43.3 Å². The van der Waals surface area contributed by atoms with Crippen LogP contribution in [0.25, 0.3) is 11.0 Å². The van der Waals surface area contributed by atoms with E-state index in [1.807, 2.05) is 0 Å². The maximum Gasteiger partial charge on any atom is 0.411 e. The Morgan fingerprint density at radius 3 is 2.53 bits per heavy atom. The van der Waals surface area contributed by atoms with Crippen molar-refractivity contribution in [1.29, 1.82) is 0 Å². The number of fused-ring (bicyclic) bond motifs is 2. The van der Waals surface area contributed by atoms with Gasteiger partial charge in [0, 0.05) is 22.8 Å². The summed E-state index contributed by atoms with van der Waals surface area (Å²) in [6, 6.07) is 13.3. The van der Waals surface area contributed by atoms with Crippen LogP contribution in [0.1, 0.15) is 40.0 Å². The fourth-order valence-electron chi connectivity index (χ4n) is 4.48. The van der Waals surface area contributed by atoms with Gasteiger partial charge in [-0.15, -0.1) is 0 Å². The van der Waals surface area contributed by atoms with Crippen molar-refractivity contribution in [3.05, 3.63) is 94.6 Å². The van der Waals surface area contributed by atoms with Gasteiger partial charge in [-0.1, -0.05) is 24.3 Å². The Morgan fingerprint density at radius 1 is 1.12 bits per heavy atom. The summed E-state index contributed by atoms with van der Waals surface area (Å²) in [4.78, 5) is 32.5. The highest BCUT2D eigenvalue weighted by Crippen LogP contribution is 2.47. The number of nitrogens with one attached hydrogen (secondary N) is 2. The third-order valence-corrected chi connectivity index (χ3v) is 5.97. The van der Waals surface area contributed by atoms with Crippen molar-refractivity contribution in [2.75, 3.05) is 5.32 Å². The maximum atomic E-state index is 14.0. The molecule has 2 atom stereocenters. The zero-order chi connectivity index (χ0) is 24.2. The fourth-order valence-corrected chi connectivity index (χ4v) is 4.48. The second kappa shape index (κ2) is 7.63. The molecule has 0 spiro atoms. The van der Waals surface area contributed by atoms with Crippen LogP contribution in [0.15, 0.2) is 60.7 Å². The Balaban J connectivity index is 1.68. The summed E-state index contributed by atoms with van der Waals surface area (Å²) in [6.45, 7) is 1.57. The third-order valence-electron chi connectivity index (χ3n) is 5.97. The van der Waals surface area contributed by atoms with Crippen LogP contribution < -0.4 is 5.32 Å². The quantitative estimate of drug-likeness (QED) is 0.358. The van der Waals surface area contributed by atoms with Crippen molar-refractivity contribution < 1.29 is 28.6 Å². The average molecular weight is 464 g/mol. The maximum absolute atomic E-state index is 14.0. The number of anilines is 1. The molecule has 0 saturated heterocycles. The Bertz CT molecular complexity index is 1450. The van der Waals surface area contributed by atoms with E-state index in [2.05, 4.69) is 15.3 Å². The summed E-state index contributed by atoms with van der Waals surface area (Å²) in [6.07, 6.45) is -1.30. The third kappa shape index (κ3) is 3.27. The first kappa shape index (κ1) is 21.5. The largest absolute Gasteiger partial charge is 0.465 e. The van der Waals surface area contributed by atoms with Gasteiger partial charge in [0.1, 0.15) is 11.6 Å². The minimum Gasteiger partial charge on any atom is -0.465 e. The van der Waals surface area contributed by atoms with Gasteiger partial charge in [0.2, 0.25) is 5.95 Å². The van der Waals surface area contributed by atoms with Crippen molar-refractivity contribution >= 4 is 29.0 Å². The number of nitrogens with zero attached hydrogens (tertiary/aromatic N) is 2. The molecule has 0 aliphatic carbocycles. The first-order valence-electron chi connectivity index (χ1n) is 10.3. The van der Waals surface area contributed by atoms with E-state index < -0.39 is 35.4 Å². The summed E-state index contributed by atoms with van der Waals surface area (Å²) in [5, 5.41) is 23.2. The van der Waals surface area contributed by atoms with Gasteiger partial charge in [-0.05, 0) is 42.8 Å². The van der Waals surface area contributed by atoms with Gasteiger partial charge >= 0.3 is 6.09 Å². The average Bonchev–Trinajstić information content (AvgIpc) is 3.28. The molecule has 10 heteroatoms. The van der Waals surface area contributed by atoms with E-state index in [9.17, 15) is 23.5 Å². The lowest BCUT2D eigenvalue weighted by Crippen LogP contribution is -2.46. The number of carboxylic acid groups (broad SMARTS) is 1. The SMILES string of the molecule is CC(c1cc(F)cc(F)c1)N1C(=O)c2ccccc2C1(O)c1ccc2[nH]c(NC(=O)O)nc2c1. The molecule has 4 N–H and O–H groups in total. The molecule has 34 heavy (non-hydrogen) atoms. The minimum absolute atomic E-state index is 0.00463. The lowest BCUT2D eigenvalue weighted by Gasteiger charge is -2.39. The molecule has 172 valence electrons. The predicted octanol–water partition coefficient (Wildman–Crippen LogP) is 4.34. The number of aromatic nitrogens is 2. The summed E-state index contributed by atoms with van der Waals surface area (Å²) in [5.74, 6) is -2.11. The Labute approximate surface area is 191 Å². The molecule has 5 rings (SSSR count). The van der Waals surface area contributed by atoms with Gasteiger partial charge in [-0.25, -0.2) is 18.6 Å². The number of H-pyrrole nitrogens is 1. The molecule has 1 aromatic heterocycles. The van der Waals surface area contributed by atoms with Crippen LogP contribution in [0, 0.1) is 11.6 Å². The molecule has 2 unspecified atom stereocenters. The van der Waals surface area contributed by atoms with Crippen LogP contribution in [0.2, 0.25) is 0 Å². The van der Waals surface area contributed by atoms with E-state index in [-0.39, 0.29) is 22.6 Å². The van der Waals surface area contributed by atoms with E-state index in [1.165, 1.54) is 11.0 Å². The topological polar surface area (TPSA) is 119 Å². The van der Waals surface area contributed by atoms with Crippen LogP contribution in [0.4, 0.5) is 19.5 Å². The molecular weight excluding hydrogens is 446 g/mol. The first-order chi connectivity index (χ1) is 16.2. The second-order valence-corrected chi connectivity index (χ2v) is 8.02. The van der Waals surface area contributed by atoms with Gasteiger partial charge in [0.15, 0.2) is 5.72 Å². The van der Waals surface area contributed by atoms with Gasteiger partial charge in [-0.2, -0.15) is 0 Å². The number of rotatable bonds is 4. The van der Waals surface area contributed by atoms with Crippen molar-refractivity contribution in [3.8, 4) is 0 Å². The molecule has 1 aliphatic heterocycles. The number of halogens is 2. The molecule has 0 bridgehead atoms. The number of hydrogen-bond acceptors (Lipinski definition) is 4. The monoisotopic (exact) mass is 464 g/mol. The molecule has 0 saturated carbocycles. The standard InChI is InChI=1S/C24H18F2N4O4/c1-12(13-8-15(25)11-16(26)9-13)30-21(31)17-4-2-3-5-18(17)24(30,34)14-6-7-19-20(10-14)28-22(27-19)29-23(32)33/h2-12,34H,1H3,(H,32,33)(H2,27,28,29). The van der Waals surface area contributed by atoms with Crippen molar-refractivity contribution in [1.82, 2.24) is 14.9 Å². The highest BCUT2D eigenvalue weighted by molar-refractivity contribution is 6.01. The number of amides is 2. The number of hydrogen-bond donors (Lipinski definition) is 4. The van der Waals surface area contributed by atoms with Gasteiger partial charge in [0.25, 0.3) is 5.91 Å². The van der Waals surface area contributed by atoms with Crippen LogP contribution in [-0.4, -0.2) is 37.1 Å². The van der Waals surface area contributed by atoms with Crippen LogP contribution in [0.5, 0.6) is 0 Å². The molecule has 8 nitrogen and oxygen atoms in total. The van der Waals surface area contributed by atoms with E-state index in [4.69, 9.17) is 5.11 Å². The van der Waals surface area contributed by atoms with E-state index in [0.29, 0.717) is 16.6 Å². The van der Waals surface area contributed by atoms with Gasteiger partial charge < -0.3 is 15.2 Å². The number of carbonyl (C=O) groups is 2. The fraction of sp³-hybridized carbons (Fsp3) is 0.125. The summed E-state index contributed by atoms with van der Waals surface area (Å²) in [7, 11) is 0. The number of benzene rings is 3. The number of aromatic amines is 1. The van der Waals surface area contributed by atoms with Crippen molar-refractivity contribution in [3.63, 3.8) is 0 Å². The van der Waals surface area contributed by atoms with Gasteiger partial charge in [-0.3, -0.25) is 15.0 Å². The van der Waals surface area contributed by atoms with E-state index in [0.717, 1.165) is 18.2 Å². The highest BCUT2D eigenvalue weighted by Gasteiger charge is 2.52. The summed E-state index contributed by atoms with van der Waals surface area (Å²) in [5.41, 5.74) is -0.132. The predicted molar refractivity (Wildman–Crippen MR) is 118 cm³/mol. The molecular formula is C24H18F2N4O4. The van der Waals surface area contributed by atoms with Crippen LogP contribution in [-0.2, 0) is 5.72 Å². The Morgan fingerprint density at radius 2 is 1.82 bits per heavy atom. The minimum atomic E-state index is -1.98. The molecule has 4 aromatic rings. The van der Waals surface area contributed by atoms with Crippen molar-refractivity contribution in [2.24, 2.45) is 0 Å². The summed E-state index contributed by atoms with van der Waals surface area (Å²) >= 11 is 0. The highest BCUT2D eigenvalue weighted by atomic mass is 19.1. The molecule has 2 amide bonds. The van der Waals surface area contributed by atoms with Crippen LogP contribution >= 0.6 is 0 Å². The molecule has 1 aliphatic rings.